The zero-order valence-electron chi connectivity index (χ0n) is 10.5. The van der Waals surface area contributed by atoms with Crippen molar-refractivity contribution in [2.45, 2.75) is 11.3 Å². The van der Waals surface area contributed by atoms with Gasteiger partial charge >= 0.3 is 5.97 Å². The highest BCUT2D eigenvalue weighted by atomic mass is 32.2. The highest BCUT2D eigenvalue weighted by molar-refractivity contribution is 7.89. The van der Waals surface area contributed by atoms with E-state index < -0.39 is 16.0 Å². The Bertz CT molecular complexity index is 736. The number of carboxylic acid groups (broad SMARTS) is 1. The first-order valence-electron chi connectivity index (χ1n) is 5.81. The van der Waals surface area contributed by atoms with Crippen LogP contribution in [0.5, 0.6) is 0 Å². The second-order valence-corrected chi connectivity index (χ2v) is 5.86. The van der Waals surface area contributed by atoms with Gasteiger partial charge in [-0.3, -0.25) is 4.79 Å². The van der Waals surface area contributed by atoms with Gasteiger partial charge in [-0.05, 0) is 28.8 Å². The quantitative estimate of drug-likeness (QED) is 0.894. The average molecular weight is 291 g/mol. The molecule has 0 amide bonds. The molecule has 0 aliphatic carbocycles. The van der Waals surface area contributed by atoms with Crippen molar-refractivity contribution in [2.75, 3.05) is 0 Å². The molecule has 2 aromatic rings. The van der Waals surface area contributed by atoms with E-state index in [1.807, 2.05) is 0 Å². The molecule has 0 heterocycles. The largest absolute Gasteiger partial charge is 0.481 e. The van der Waals surface area contributed by atoms with Crippen LogP contribution in [0.1, 0.15) is 5.56 Å². The molecule has 0 atom stereocenters. The number of carboxylic acids is 1. The maximum Gasteiger partial charge on any atom is 0.307 e. The van der Waals surface area contributed by atoms with Gasteiger partial charge in [0.1, 0.15) is 0 Å². The number of rotatable bonds is 4. The number of benzene rings is 2. The van der Waals surface area contributed by atoms with Crippen LogP contribution in [-0.4, -0.2) is 19.5 Å². The molecule has 3 N–H and O–H groups in total. The van der Waals surface area contributed by atoms with Crippen molar-refractivity contribution in [3.8, 4) is 11.1 Å². The molecule has 0 bridgehead atoms. The van der Waals surface area contributed by atoms with E-state index in [9.17, 15) is 13.2 Å². The lowest BCUT2D eigenvalue weighted by Crippen LogP contribution is -2.11. The van der Waals surface area contributed by atoms with Crippen molar-refractivity contribution in [3.63, 3.8) is 0 Å². The summed E-state index contributed by atoms with van der Waals surface area (Å²) in [6, 6.07) is 13.1. The van der Waals surface area contributed by atoms with Gasteiger partial charge in [0.05, 0.1) is 11.3 Å². The van der Waals surface area contributed by atoms with Gasteiger partial charge in [0.15, 0.2) is 0 Å². The third-order valence-corrected chi connectivity index (χ3v) is 3.78. The molecule has 0 saturated carbocycles. The maximum atomic E-state index is 11.2. The minimum atomic E-state index is -3.73. The Morgan fingerprint density at radius 2 is 1.65 bits per heavy atom. The smallest absolute Gasteiger partial charge is 0.307 e. The molecule has 0 aliphatic rings. The van der Waals surface area contributed by atoms with E-state index in [1.54, 1.807) is 36.4 Å². The standard InChI is InChI=1S/C14H13NO4S/c15-20(18,19)12-7-5-10(6-8-12)13-4-2-1-3-11(13)9-14(16)17/h1-8H,9H2,(H,16,17)(H2,15,18,19). The third kappa shape index (κ3) is 3.23. The highest BCUT2D eigenvalue weighted by Gasteiger charge is 2.10. The van der Waals surface area contributed by atoms with Gasteiger partial charge in [-0.2, -0.15) is 0 Å². The zero-order chi connectivity index (χ0) is 14.8. The first-order valence-corrected chi connectivity index (χ1v) is 7.35. The van der Waals surface area contributed by atoms with E-state index in [4.69, 9.17) is 10.2 Å². The van der Waals surface area contributed by atoms with Crippen LogP contribution in [0.3, 0.4) is 0 Å². The molecule has 104 valence electrons. The fourth-order valence-corrected chi connectivity index (χ4v) is 2.46. The number of primary sulfonamides is 1. The number of hydrogen-bond acceptors (Lipinski definition) is 3. The molecule has 2 aromatic carbocycles. The Hall–Kier alpha value is -2.18. The molecule has 6 heteroatoms. The van der Waals surface area contributed by atoms with Gasteiger partial charge in [0, 0.05) is 0 Å². The van der Waals surface area contributed by atoms with Crippen LogP contribution in [-0.2, 0) is 21.2 Å². The van der Waals surface area contributed by atoms with Crippen molar-refractivity contribution < 1.29 is 18.3 Å². The zero-order valence-corrected chi connectivity index (χ0v) is 11.3. The fraction of sp³-hybridized carbons (Fsp3) is 0.0714. The van der Waals surface area contributed by atoms with Gasteiger partial charge in [-0.1, -0.05) is 36.4 Å². The van der Waals surface area contributed by atoms with Crippen molar-refractivity contribution in [1.82, 2.24) is 0 Å². The lowest BCUT2D eigenvalue weighted by Gasteiger charge is -2.08. The van der Waals surface area contributed by atoms with Gasteiger partial charge in [0.25, 0.3) is 0 Å². The Kier molecular flexibility index (Phi) is 3.87. The minimum absolute atomic E-state index is 0.0250. The Morgan fingerprint density at radius 3 is 2.20 bits per heavy atom. The maximum absolute atomic E-state index is 11.2. The molecule has 20 heavy (non-hydrogen) atoms. The van der Waals surface area contributed by atoms with E-state index in [-0.39, 0.29) is 11.3 Å². The van der Waals surface area contributed by atoms with Gasteiger partial charge in [-0.15, -0.1) is 0 Å². The van der Waals surface area contributed by atoms with Crippen LogP contribution >= 0.6 is 0 Å². The summed E-state index contributed by atoms with van der Waals surface area (Å²) in [4.78, 5) is 10.9. The van der Waals surface area contributed by atoms with E-state index in [2.05, 4.69) is 0 Å². The number of hydrogen-bond donors (Lipinski definition) is 2. The topological polar surface area (TPSA) is 97.5 Å². The van der Waals surface area contributed by atoms with Gasteiger partial charge in [0.2, 0.25) is 10.0 Å². The summed E-state index contributed by atoms with van der Waals surface area (Å²) in [5.74, 6) is -0.918. The fourth-order valence-electron chi connectivity index (χ4n) is 1.94. The number of carbonyl (C=O) groups is 1. The number of aliphatic carboxylic acids is 1. The molecule has 0 aliphatic heterocycles. The minimum Gasteiger partial charge on any atom is -0.481 e. The van der Waals surface area contributed by atoms with Crippen LogP contribution in [0.15, 0.2) is 53.4 Å². The molecular formula is C14H13NO4S. The van der Waals surface area contributed by atoms with Crippen molar-refractivity contribution >= 4 is 16.0 Å². The monoisotopic (exact) mass is 291 g/mol. The lowest BCUT2D eigenvalue weighted by molar-refractivity contribution is -0.136. The van der Waals surface area contributed by atoms with Gasteiger partial charge < -0.3 is 5.11 Å². The molecular weight excluding hydrogens is 278 g/mol. The molecule has 0 fully saturated rings. The summed E-state index contributed by atoms with van der Waals surface area (Å²) in [7, 11) is -3.73. The molecule has 2 rings (SSSR count). The summed E-state index contributed by atoms with van der Waals surface area (Å²) >= 11 is 0. The molecule has 0 aromatic heterocycles. The molecule has 0 radical (unpaired) electrons. The normalized spacial score (nSPS) is 11.2. The third-order valence-electron chi connectivity index (χ3n) is 2.85. The summed E-state index contributed by atoms with van der Waals surface area (Å²) in [6.07, 6.45) is -0.0902. The summed E-state index contributed by atoms with van der Waals surface area (Å²) in [5, 5.41) is 13.9. The predicted molar refractivity (Wildman–Crippen MR) is 74.6 cm³/mol. The summed E-state index contributed by atoms with van der Waals surface area (Å²) in [5.41, 5.74) is 2.17. The van der Waals surface area contributed by atoms with E-state index >= 15 is 0 Å². The van der Waals surface area contributed by atoms with E-state index in [1.165, 1.54) is 12.1 Å². The Balaban J connectivity index is 2.44. The predicted octanol–water partition coefficient (Wildman–Crippen LogP) is 1.63. The summed E-state index contributed by atoms with van der Waals surface area (Å²) < 4.78 is 22.4. The van der Waals surface area contributed by atoms with E-state index in [0.717, 1.165) is 11.1 Å². The van der Waals surface area contributed by atoms with Crippen LogP contribution in [0.4, 0.5) is 0 Å². The van der Waals surface area contributed by atoms with Crippen molar-refractivity contribution in [3.05, 3.63) is 54.1 Å². The Labute approximate surface area is 116 Å². The second-order valence-electron chi connectivity index (χ2n) is 4.30. The molecule has 0 saturated heterocycles. The highest BCUT2D eigenvalue weighted by Crippen LogP contribution is 2.25. The van der Waals surface area contributed by atoms with E-state index in [0.29, 0.717) is 5.56 Å². The molecule has 0 spiro atoms. The van der Waals surface area contributed by atoms with Crippen LogP contribution in [0, 0.1) is 0 Å². The Morgan fingerprint density at radius 1 is 1.05 bits per heavy atom. The van der Waals surface area contributed by atoms with Crippen LogP contribution < -0.4 is 5.14 Å². The number of sulfonamides is 1. The second kappa shape index (κ2) is 5.44. The molecule has 0 unspecified atom stereocenters. The van der Waals surface area contributed by atoms with Crippen LogP contribution in [0.25, 0.3) is 11.1 Å². The first kappa shape index (κ1) is 14.2. The first-order chi connectivity index (χ1) is 9.38. The summed E-state index contributed by atoms with van der Waals surface area (Å²) in [6.45, 7) is 0. The average Bonchev–Trinajstić information content (AvgIpc) is 2.38. The van der Waals surface area contributed by atoms with Crippen molar-refractivity contribution in [1.29, 1.82) is 0 Å². The lowest BCUT2D eigenvalue weighted by atomic mass is 9.98. The van der Waals surface area contributed by atoms with Crippen molar-refractivity contribution in [2.24, 2.45) is 5.14 Å². The molecule has 5 nitrogen and oxygen atoms in total. The van der Waals surface area contributed by atoms with Gasteiger partial charge in [-0.25, -0.2) is 13.6 Å². The van der Waals surface area contributed by atoms with Crippen LogP contribution in [0.2, 0.25) is 0 Å². The SMILES string of the molecule is NS(=O)(=O)c1ccc(-c2ccccc2CC(=O)O)cc1. The number of nitrogens with two attached hydrogens (primary N) is 1.